The van der Waals surface area contributed by atoms with E-state index < -0.39 is 41.8 Å². The molecule has 1 spiro atoms. The van der Waals surface area contributed by atoms with Crippen LogP contribution in [0.25, 0.3) is 22.3 Å². The number of hydrogen-bond donors (Lipinski definition) is 0. The van der Waals surface area contributed by atoms with E-state index in [2.05, 4.69) is 93.6 Å². The summed E-state index contributed by atoms with van der Waals surface area (Å²) in [5, 5.41) is 10.1. The van der Waals surface area contributed by atoms with Gasteiger partial charge in [-0.2, -0.15) is 5.26 Å². The summed E-state index contributed by atoms with van der Waals surface area (Å²) >= 11 is 6.84. The third-order valence-corrected chi connectivity index (χ3v) is 12.7. The number of benzene rings is 5. The van der Waals surface area contributed by atoms with Crippen molar-refractivity contribution in [3.05, 3.63) is 142 Å². The second-order valence-corrected chi connectivity index (χ2v) is 16.9. The lowest BCUT2D eigenvalue weighted by Gasteiger charge is -2.40. The zero-order valence-corrected chi connectivity index (χ0v) is 31.8. The van der Waals surface area contributed by atoms with Gasteiger partial charge in [0.1, 0.15) is 11.5 Å². The Hall–Kier alpha value is -4.35. The Bertz CT molecular complexity index is 2350. The molecule has 3 aliphatic heterocycles. The summed E-state index contributed by atoms with van der Waals surface area (Å²) in [5.74, 6) is 1.54. The molecule has 2 saturated heterocycles. The van der Waals surface area contributed by atoms with E-state index in [1.807, 2.05) is 64.1 Å². The SMILES string of the molecule is CC1(C)OB(B2OC(C)(C)C(C)(Cc3ccc4c(c3)C3(c5cc(Cl)ccc5Oc5c(-c6ccc(C#N)cc6)cccc53)c3ccccc3-4)O2)OC1(C)C. The van der Waals surface area contributed by atoms with E-state index in [4.69, 9.17) is 35.0 Å². The first-order valence-electron chi connectivity index (χ1n) is 18.2. The molecule has 0 amide bonds. The average molecular weight is 720 g/mol. The lowest BCUT2D eigenvalue weighted by molar-refractivity contribution is -0.00878. The van der Waals surface area contributed by atoms with Gasteiger partial charge in [-0.15, -0.1) is 0 Å². The van der Waals surface area contributed by atoms with Crippen molar-refractivity contribution in [3.63, 3.8) is 0 Å². The number of nitriles is 1. The molecule has 3 heterocycles. The standard InChI is InChI=1S/C44H40B2ClNO5/c1-40(2)41(3,4)51-45(50-40)46-52-42(5,6)43(7,53-46)25-28-17-21-33-32-11-8-9-13-34(32)44(36(33)23-28)35-14-10-12-31(29-18-15-27(26-48)16-19-29)39(35)49-38-22-20-30(47)24-37(38)44/h8-24H,25H2,1-7H3. The molecule has 0 saturated carbocycles. The Balaban J connectivity index is 1.20. The fourth-order valence-electron chi connectivity index (χ4n) is 8.64. The molecule has 2 atom stereocenters. The van der Waals surface area contributed by atoms with Gasteiger partial charge in [0.25, 0.3) is 0 Å². The average Bonchev–Trinajstić information content (AvgIpc) is 3.64. The predicted octanol–water partition coefficient (Wildman–Crippen LogP) is 10.1. The van der Waals surface area contributed by atoms with Crippen molar-refractivity contribution in [2.75, 3.05) is 0 Å². The van der Waals surface area contributed by atoms with Gasteiger partial charge in [-0.1, -0.05) is 84.4 Å². The van der Waals surface area contributed by atoms with E-state index in [-0.39, 0.29) is 0 Å². The highest BCUT2D eigenvalue weighted by Gasteiger charge is 2.65. The van der Waals surface area contributed by atoms with Gasteiger partial charge in [-0.3, -0.25) is 0 Å². The highest BCUT2D eigenvalue weighted by molar-refractivity contribution is 7.11. The first-order valence-corrected chi connectivity index (χ1v) is 18.6. The van der Waals surface area contributed by atoms with Crippen molar-refractivity contribution in [1.29, 1.82) is 5.26 Å². The molecular formula is C44H40B2ClNO5. The molecule has 0 N–H and O–H groups in total. The highest BCUT2D eigenvalue weighted by atomic mass is 35.5. The molecule has 0 aromatic heterocycles. The molecule has 2 unspecified atom stereocenters. The molecule has 9 rings (SSSR count). The molecule has 4 aliphatic rings. The Kier molecular flexibility index (Phi) is 7.52. The molecule has 9 heteroatoms. The van der Waals surface area contributed by atoms with Crippen molar-refractivity contribution in [2.45, 2.75) is 82.7 Å². The number of hydrogen-bond acceptors (Lipinski definition) is 6. The van der Waals surface area contributed by atoms with E-state index in [1.54, 1.807) is 0 Å². The largest absolute Gasteiger partial charge is 0.489 e. The second kappa shape index (κ2) is 11.6. The number of halogens is 1. The summed E-state index contributed by atoms with van der Waals surface area (Å²) in [7, 11) is -1.33. The van der Waals surface area contributed by atoms with Crippen LogP contribution in [0.5, 0.6) is 11.5 Å². The van der Waals surface area contributed by atoms with E-state index >= 15 is 0 Å². The van der Waals surface area contributed by atoms with Crippen LogP contribution in [0.4, 0.5) is 0 Å². The summed E-state index contributed by atoms with van der Waals surface area (Å²) in [6.45, 7) is 14.4. The lowest BCUT2D eigenvalue weighted by atomic mass is 9.49. The van der Waals surface area contributed by atoms with E-state index in [9.17, 15) is 5.26 Å². The van der Waals surface area contributed by atoms with Crippen molar-refractivity contribution in [2.24, 2.45) is 0 Å². The van der Waals surface area contributed by atoms with Crippen LogP contribution in [0.1, 0.15) is 81.8 Å². The van der Waals surface area contributed by atoms with Crippen LogP contribution in [-0.4, -0.2) is 36.4 Å². The van der Waals surface area contributed by atoms with Crippen molar-refractivity contribution >= 4 is 25.6 Å². The Morgan fingerprint density at radius 3 is 1.98 bits per heavy atom. The molecule has 2 fully saturated rings. The van der Waals surface area contributed by atoms with Gasteiger partial charge in [0.15, 0.2) is 0 Å². The van der Waals surface area contributed by atoms with Crippen LogP contribution >= 0.6 is 11.6 Å². The molecule has 5 aromatic rings. The summed E-state index contributed by atoms with van der Waals surface area (Å²) in [6.07, 6.45) is 0.590. The molecule has 53 heavy (non-hydrogen) atoms. The van der Waals surface area contributed by atoms with Crippen LogP contribution in [0.2, 0.25) is 5.02 Å². The zero-order valence-electron chi connectivity index (χ0n) is 31.0. The van der Waals surface area contributed by atoms with Gasteiger partial charge in [0, 0.05) is 28.1 Å². The highest BCUT2D eigenvalue weighted by Crippen LogP contribution is 2.63. The molecule has 5 aromatic carbocycles. The number of ether oxygens (including phenoxy) is 1. The molecule has 6 nitrogen and oxygen atoms in total. The van der Waals surface area contributed by atoms with Crippen LogP contribution in [0, 0.1) is 11.3 Å². The Morgan fingerprint density at radius 1 is 0.604 bits per heavy atom. The van der Waals surface area contributed by atoms with Crippen molar-refractivity contribution in [1.82, 2.24) is 0 Å². The van der Waals surface area contributed by atoms with Crippen molar-refractivity contribution in [3.8, 4) is 39.8 Å². The molecule has 0 radical (unpaired) electrons. The van der Waals surface area contributed by atoms with Crippen molar-refractivity contribution < 1.29 is 23.4 Å². The molecule has 0 bridgehead atoms. The Morgan fingerprint density at radius 2 is 1.25 bits per heavy atom. The smallest absolute Gasteiger partial charge is 0.456 e. The zero-order chi connectivity index (χ0) is 37.1. The number of nitrogens with zero attached hydrogens (tertiary/aromatic N) is 1. The fourth-order valence-corrected chi connectivity index (χ4v) is 8.81. The first-order chi connectivity index (χ1) is 25.2. The fraction of sp³-hybridized carbons (Fsp3) is 0.295. The van der Waals surface area contributed by atoms with Crippen LogP contribution in [0.3, 0.4) is 0 Å². The van der Waals surface area contributed by atoms with Gasteiger partial charge in [-0.05, 0) is 112 Å². The Labute approximate surface area is 317 Å². The third kappa shape index (κ3) is 4.95. The minimum absolute atomic E-state index is 0.504. The summed E-state index contributed by atoms with van der Waals surface area (Å²) < 4.78 is 33.1. The quantitative estimate of drug-likeness (QED) is 0.169. The van der Waals surface area contributed by atoms with Crippen LogP contribution in [0.15, 0.2) is 103 Å². The van der Waals surface area contributed by atoms with E-state index in [1.165, 1.54) is 11.1 Å². The first kappa shape index (κ1) is 34.4. The number of para-hydroxylation sites is 1. The normalized spacial score (nSPS) is 23.9. The maximum Gasteiger partial charge on any atom is 0.489 e. The summed E-state index contributed by atoms with van der Waals surface area (Å²) in [4.78, 5) is 0. The topological polar surface area (TPSA) is 69.9 Å². The number of rotatable bonds is 4. The van der Waals surface area contributed by atoms with E-state index in [0.717, 1.165) is 50.4 Å². The maximum atomic E-state index is 9.49. The molecule has 1 aliphatic carbocycles. The van der Waals surface area contributed by atoms with Gasteiger partial charge in [0.2, 0.25) is 0 Å². The lowest BCUT2D eigenvalue weighted by Crippen LogP contribution is -2.46. The monoisotopic (exact) mass is 719 g/mol. The summed E-state index contributed by atoms with van der Waals surface area (Å²) in [5.41, 5.74) is 7.24. The van der Waals surface area contributed by atoms with Gasteiger partial charge < -0.3 is 23.4 Å². The van der Waals surface area contributed by atoms with Gasteiger partial charge in [0.05, 0.1) is 39.5 Å². The predicted molar refractivity (Wildman–Crippen MR) is 209 cm³/mol. The van der Waals surface area contributed by atoms with Crippen LogP contribution < -0.4 is 4.74 Å². The molecule has 264 valence electrons. The van der Waals surface area contributed by atoms with Gasteiger partial charge >= 0.3 is 14.0 Å². The molecular weight excluding hydrogens is 680 g/mol. The second-order valence-electron chi connectivity index (χ2n) is 16.4. The number of fused-ring (bicyclic) bond motifs is 9. The van der Waals surface area contributed by atoms with E-state index in [0.29, 0.717) is 17.0 Å². The van der Waals surface area contributed by atoms with Crippen LogP contribution in [-0.2, 0) is 30.5 Å². The maximum absolute atomic E-state index is 9.49. The minimum Gasteiger partial charge on any atom is -0.456 e. The van der Waals surface area contributed by atoms with Gasteiger partial charge in [-0.25, -0.2) is 0 Å². The third-order valence-electron chi connectivity index (χ3n) is 12.5. The minimum atomic E-state index is -0.729. The summed E-state index contributed by atoms with van der Waals surface area (Å²) in [6, 6.07) is 37.7.